The van der Waals surface area contributed by atoms with Gasteiger partial charge in [0.2, 0.25) is 5.95 Å². The Bertz CT molecular complexity index is 1380. The second kappa shape index (κ2) is 8.14. The molecule has 0 saturated heterocycles. The molecule has 0 aliphatic heterocycles. The molecule has 170 valence electrons. The second-order valence-corrected chi connectivity index (χ2v) is 10.0. The van der Waals surface area contributed by atoms with Gasteiger partial charge in [0.15, 0.2) is 0 Å². The first kappa shape index (κ1) is 21.9. The number of halogens is 2. The van der Waals surface area contributed by atoms with E-state index < -0.39 is 0 Å². The third-order valence-electron chi connectivity index (χ3n) is 5.86. The Balaban J connectivity index is 1.45. The maximum absolute atomic E-state index is 12.7. The topological polar surface area (TPSA) is 82.6 Å². The van der Waals surface area contributed by atoms with Crippen molar-refractivity contribution in [3.63, 3.8) is 0 Å². The first-order valence-electron chi connectivity index (χ1n) is 10.7. The van der Waals surface area contributed by atoms with Crippen LogP contribution in [0.4, 0.5) is 5.95 Å². The fraction of sp³-hybridized carbons (Fsp3) is 0.304. The average Bonchev–Trinajstić information content (AvgIpc) is 3.23. The minimum Gasteiger partial charge on any atom is -0.343 e. The van der Waals surface area contributed by atoms with Crippen molar-refractivity contribution in [3.8, 4) is 11.5 Å². The fourth-order valence-electron chi connectivity index (χ4n) is 3.93. The molecule has 0 atom stereocenters. The van der Waals surface area contributed by atoms with Gasteiger partial charge in [0.05, 0.1) is 17.6 Å². The number of anilines is 1. The van der Waals surface area contributed by atoms with Crippen molar-refractivity contribution in [1.29, 1.82) is 0 Å². The number of rotatable bonds is 6. The van der Waals surface area contributed by atoms with Crippen molar-refractivity contribution < 1.29 is 0 Å². The quantitative estimate of drug-likeness (QED) is 0.389. The predicted octanol–water partition coefficient (Wildman–Crippen LogP) is 4.79. The largest absolute Gasteiger partial charge is 0.343 e. The van der Waals surface area contributed by atoms with Crippen LogP contribution in [0.5, 0.6) is 0 Å². The van der Waals surface area contributed by atoms with E-state index in [-0.39, 0.29) is 17.1 Å². The lowest BCUT2D eigenvalue weighted by molar-refractivity contribution is 0.740. The summed E-state index contributed by atoms with van der Waals surface area (Å²) in [6.07, 6.45) is 9.14. The number of nitrogens with one attached hydrogen (secondary N) is 1. The molecule has 1 N–H and O–H groups in total. The van der Waals surface area contributed by atoms with Gasteiger partial charge in [-0.2, -0.15) is 4.98 Å². The fourth-order valence-corrected chi connectivity index (χ4v) is 4.78. The summed E-state index contributed by atoms with van der Waals surface area (Å²) in [5.74, 6) is 1.19. The molecule has 1 fully saturated rings. The molecule has 8 nitrogen and oxygen atoms in total. The van der Waals surface area contributed by atoms with Crippen LogP contribution in [0, 0.1) is 0 Å². The molecular weight excluding hydrogens is 506 g/mol. The van der Waals surface area contributed by atoms with Crippen molar-refractivity contribution in [1.82, 2.24) is 28.7 Å². The van der Waals surface area contributed by atoms with E-state index in [0.717, 1.165) is 34.4 Å². The van der Waals surface area contributed by atoms with Gasteiger partial charge in [0.25, 0.3) is 0 Å². The molecule has 0 spiro atoms. The van der Waals surface area contributed by atoms with Crippen LogP contribution in [0.25, 0.3) is 11.5 Å². The molecule has 4 aromatic rings. The number of imidazole rings is 2. The van der Waals surface area contributed by atoms with Crippen LogP contribution in [0.1, 0.15) is 44.0 Å². The molecule has 1 aliphatic carbocycles. The van der Waals surface area contributed by atoms with Crippen LogP contribution in [0.2, 0.25) is 5.02 Å². The zero-order chi connectivity index (χ0) is 23.3. The number of aryl methyl sites for hydroxylation is 1. The minimum atomic E-state index is -0.331. The van der Waals surface area contributed by atoms with Crippen LogP contribution >= 0.6 is 27.5 Å². The third kappa shape index (κ3) is 4.11. The van der Waals surface area contributed by atoms with Crippen molar-refractivity contribution in [2.75, 3.05) is 5.32 Å². The highest BCUT2D eigenvalue weighted by Gasteiger charge is 2.47. The number of nitrogens with zero attached hydrogens (tertiary/aromatic N) is 6. The molecule has 0 amide bonds. The smallest absolute Gasteiger partial charge is 0.333 e. The van der Waals surface area contributed by atoms with Crippen LogP contribution in [-0.2, 0) is 12.6 Å². The maximum Gasteiger partial charge on any atom is 0.333 e. The normalized spacial score (nSPS) is 14.6. The van der Waals surface area contributed by atoms with Gasteiger partial charge in [-0.25, -0.2) is 19.3 Å². The van der Waals surface area contributed by atoms with Crippen molar-refractivity contribution in [3.05, 3.63) is 80.6 Å². The zero-order valence-corrected chi connectivity index (χ0v) is 20.8. The monoisotopic (exact) mass is 527 g/mol. The summed E-state index contributed by atoms with van der Waals surface area (Å²) in [6.45, 7) is 4.11. The number of hydrogen-bond acceptors (Lipinski definition) is 5. The Morgan fingerprint density at radius 1 is 1.18 bits per heavy atom. The minimum absolute atomic E-state index is 0.129. The van der Waals surface area contributed by atoms with Gasteiger partial charge in [-0.1, -0.05) is 41.4 Å². The first-order valence-corrected chi connectivity index (χ1v) is 11.8. The molecule has 10 heteroatoms. The highest BCUT2D eigenvalue weighted by Crippen LogP contribution is 2.47. The maximum atomic E-state index is 12.7. The number of hydrogen-bond donors (Lipinski definition) is 1. The van der Waals surface area contributed by atoms with E-state index in [1.54, 1.807) is 34.8 Å². The highest BCUT2D eigenvalue weighted by atomic mass is 79.9. The Kier molecular flexibility index (Phi) is 5.41. The molecular formula is C23H23BrClN7O. The molecule has 3 heterocycles. The Labute approximate surface area is 204 Å². The van der Waals surface area contributed by atoms with Gasteiger partial charge in [-0.3, -0.25) is 0 Å². The highest BCUT2D eigenvalue weighted by molar-refractivity contribution is 9.10. The van der Waals surface area contributed by atoms with Gasteiger partial charge in [0, 0.05) is 52.6 Å². The Hall–Kier alpha value is -2.91. The standard InChI is InChI=1S/C23H23BrClN7O/c1-14(2)18-11-30(3)22(33)32(18)20-4-7-26-21(28-20)29-23(5-6-23)19-12-31(13-27-19)17-9-15(24)8-16(25)10-17/h4,7-14H,5-6H2,1-3H3,(H,26,28,29). The lowest BCUT2D eigenvalue weighted by atomic mass is 10.1. The number of aromatic nitrogens is 6. The van der Waals surface area contributed by atoms with Crippen LogP contribution in [-0.4, -0.2) is 28.7 Å². The molecule has 0 bridgehead atoms. The summed E-state index contributed by atoms with van der Waals surface area (Å²) >= 11 is 9.69. The summed E-state index contributed by atoms with van der Waals surface area (Å²) in [4.78, 5) is 26.5. The lowest BCUT2D eigenvalue weighted by Crippen LogP contribution is -2.25. The van der Waals surface area contributed by atoms with E-state index in [1.165, 1.54) is 0 Å². The second-order valence-electron chi connectivity index (χ2n) is 8.68. The van der Waals surface area contributed by atoms with Gasteiger partial charge < -0.3 is 14.5 Å². The molecule has 1 saturated carbocycles. The number of benzene rings is 1. The lowest BCUT2D eigenvalue weighted by Gasteiger charge is -2.16. The van der Waals surface area contributed by atoms with E-state index in [1.807, 2.05) is 35.2 Å². The molecule has 33 heavy (non-hydrogen) atoms. The van der Waals surface area contributed by atoms with Gasteiger partial charge in [-0.15, -0.1) is 0 Å². The average molecular weight is 529 g/mol. The molecule has 1 aromatic carbocycles. The summed E-state index contributed by atoms with van der Waals surface area (Å²) < 4.78 is 6.07. The van der Waals surface area contributed by atoms with E-state index in [4.69, 9.17) is 11.6 Å². The van der Waals surface area contributed by atoms with E-state index in [9.17, 15) is 4.79 Å². The van der Waals surface area contributed by atoms with E-state index >= 15 is 0 Å². The Morgan fingerprint density at radius 2 is 1.97 bits per heavy atom. The molecule has 5 rings (SSSR count). The third-order valence-corrected chi connectivity index (χ3v) is 6.53. The molecule has 0 radical (unpaired) electrons. The zero-order valence-electron chi connectivity index (χ0n) is 18.5. The molecule has 0 unspecified atom stereocenters. The van der Waals surface area contributed by atoms with Gasteiger partial charge >= 0.3 is 5.69 Å². The summed E-state index contributed by atoms with van der Waals surface area (Å²) in [5.41, 5.74) is 2.28. The molecule has 3 aromatic heterocycles. The Morgan fingerprint density at radius 3 is 2.67 bits per heavy atom. The van der Waals surface area contributed by atoms with Gasteiger partial charge in [-0.05, 0) is 37.0 Å². The van der Waals surface area contributed by atoms with Crippen LogP contribution in [0.15, 0.2) is 58.5 Å². The predicted molar refractivity (Wildman–Crippen MR) is 131 cm³/mol. The van der Waals surface area contributed by atoms with Crippen molar-refractivity contribution >= 4 is 33.5 Å². The van der Waals surface area contributed by atoms with Crippen molar-refractivity contribution in [2.24, 2.45) is 7.05 Å². The van der Waals surface area contributed by atoms with Crippen LogP contribution in [0.3, 0.4) is 0 Å². The molecule has 1 aliphatic rings. The van der Waals surface area contributed by atoms with Crippen molar-refractivity contribution in [2.45, 2.75) is 38.1 Å². The summed E-state index contributed by atoms with van der Waals surface area (Å²) in [5, 5.41) is 4.11. The van der Waals surface area contributed by atoms with E-state index in [0.29, 0.717) is 16.8 Å². The van der Waals surface area contributed by atoms with Crippen LogP contribution < -0.4 is 11.0 Å². The van der Waals surface area contributed by atoms with Gasteiger partial charge in [0.1, 0.15) is 5.82 Å². The summed E-state index contributed by atoms with van der Waals surface area (Å²) in [7, 11) is 1.75. The summed E-state index contributed by atoms with van der Waals surface area (Å²) in [6, 6.07) is 7.48. The van der Waals surface area contributed by atoms with E-state index in [2.05, 4.69) is 50.0 Å². The SMILES string of the molecule is CC(C)c1cn(C)c(=O)n1-c1ccnc(NC2(c3cn(-c4cc(Cl)cc(Br)c4)cn3)CC2)n1. The first-order chi connectivity index (χ1) is 15.8.